The quantitative estimate of drug-likeness (QED) is 0.802. The van der Waals surface area contributed by atoms with E-state index < -0.39 is 0 Å². The van der Waals surface area contributed by atoms with Gasteiger partial charge in [-0.05, 0) is 12.1 Å². The van der Waals surface area contributed by atoms with E-state index in [-0.39, 0.29) is 6.09 Å². The van der Waals surface area contributed by atoms with Gasteiger partial charge >= 0.3 is 6.09 Å². The minimum Gasteiger partial charge on any atom is -0.447 e. The predicted octanol–water partition coefficient (Wildman–Crippen LogP) is 1.94. The van der Waals surface area contributed by atoms with Crippen molar-refractivity contribution < 1.29 is 14.3 Å². The molecule has 0 spiro atoms. The number of carbonyl (C=O) groups is 2. The maximum absolute atomic E-state index is 11.4. The number of aldehydes is 1. The maximum Gasteiger partial charge on any atom is 0.415 e. The van der Waals surface area contributed by atoms with E-state index >= 15 is 0 Å². The van der Waals surface area contributed by atoms with Crippen molar-refractivity contribution >= 4 is 29.1 Å². The number of para-hydroxylation sites is 1. The van der Waals surface area contributed by atoms with Crippen LogP contribution in [-0.2, 0) is 4.74 Å². The third kappa shape index (κ3) is 1.47. The van der Waals surface area contributed by atoms with Crippen molar-refractivity contribution in [2.24, 2.45) is 0 Å². The molecule has 0 saturated carbocycles. The minimum absolute atomic E-state index is 0.357. The van der Waals surface area contributed by atoms with Crippen LogP contribution in [0, 0.1) is 0 Å². The third-order valence-corrected chi connectivity index (χ3v) is 2.85. The summed E-state index contributed by atoms with van der Waals surface area (Å²) in [5, 5.41) is 0.907. The van der Waals surface area contributed by atoms with Crippen molar-refractivity contribution in [2.45, 2.75) is 0 Å². The number of hydrogen-bond acceptors (Lipinski definition) is 3. The average molecular weight is 230 g/mol. The highest BCUT2D eigenvalue weighted by molar-refractivity contribution is 6.00. The molecule has 86 valence electrons. The van der Waals surface area contributed by atoms with E-state index in [1.807, 2.05) is 18.2 Å². The SMILES string of the molecule is O=Cc1cccc2cc(N3CCOC3=O)[nH]c12. The molecule has 1 aliphatic rings. The lowest BCUT2D eigenvalue weighted by Gasteiger charge is -2.08. The first kappa shape index (κ1) is 9.89. The normalized spacial score (nSPS) is 15.3. The van der Waals surface area contributed by atoms with E-state index in [2.05, 4.69) is 4.98 Å². The number of amides is 1. The lowest BCUT2D eigenvalue weighted by atomic mass is 10.2. The van der Waals surface area contributed by atoms with Crippen LogP contribution in [0.5, 0.6) is 0 Å². The smallest absolute Gasteiger partial charge is 0.415 e. The molecule has 1 fully saturated rings. The largest absolute Gasteiger partial charge is 0.447 e. The standard InChI is InChI=1S/C12H10N2O3/c15-7-9-3-1-2-8-6-10(13-11(8)9)14-4-5-17-12(14)16/h1-3,6-7,13H,4-5H2. The summed E-state index contributed by atoms with van der Waals surface area (Å²) in [7, 11) is 0. The molecule has 1 saturated heterocycles. The van der Waals surface area contributed by atoms with Gasteiger partial charge in [-0.2, -0.15) is 0 Å². The summed E-state index contributed by atoms with van der Waals surface area (Å²) in [5.74, 6) is 0.664. The van der Waals surface area contributed by atoms with Crippen molar-refractivity contribution in [1.82, 2.24) is 4.98 Å². The minimum atomic E-state index is -0.357. The number of rotatable bonds is 2. The zero-order chi connectivity index (χ0) is 11.8. The number of aromatic amines is 1. The van der Waals surface area contributed by atoms with Crippen LogP contribution in [0.3, 0.4) is 0 Å². The molecule has 0 bridgehead atoms. The molecule has 0 unspecified atom stereocenters. The molecule has 0 aliphatic carbocycles. The first-order valence-electron chi connectivity index (χ1n) is 5.31. The van der Waals surface area contributed by atoms with Gasteiger partial charge in [-0.25, -0.2) is 4.79 Å². The predicted molar refractivity (Wildman–Crippen MR) is 62.4 cm³/mol. The number of nitrogens with one attached hydrogen (secondary N) is 1. The molecule has 5 nitrogen and oxygen atoms in total. The lowest BCUT2D eigenvalue weighted by molar-refractivity contribution is 0.112. The van der Waals surface area contributed by atoms with Gasteiger partial charge in [0.25, 0.3) is 0 Å². The Hall–Kier alpha value is -2.30. The average Bonchev–Trinajstić information content (AvgIpc) is 2.93. The second-order valence-corrected chi connectivity index (χ2v) is 3.85. The number of anilines is 1. The van der Waals surface area contributed by atoms with Gasteiger partial charge in [0.15, 0.2) is 6.29 Å². The molecule has 2 aromatic rings. The van der Waals surface area contributed by atoms with Crippen LogP contribution in [0.15, 0.2) is 24.3 Å². The van der Waals surface area contributed by atoms with E-state index in [0.29, 0.717) is 24.5 Å². The number of hydrogen-bond donors (Lipinski definition) is 1. The van der Waals surface area contributed by atoms with Gasteiger partial charge in [-0.3, -0.25) is 9.69 Å². The second kappa shape index (κ2) is 3.62. The molecule has 1 aromatic carbocycles. The van der Waals surface area contributed by atoms with Gasteiger partial charge in [-0.1, -0.05) is 12.1 Å². The molecule has 0 atom stereocenters. The molecular formula is C12H10N2O3. The second-order valence-electron chi connectivity index (χ2n) is 3.85. The van der Waals surface area contributed by atoms with Crippen molar-refractivity contribution in [3.8, 4) is 0 Å². The van der Waals surface area contributed by atoms with E-state index in [9.17, 15) is 9.59 Å². The molecule has 1 aromatic heterocycles. The topological polar surface area (TPSA) is 62.4 Å². The first-order chi connectivity index (χ1) is 8.29. The Morgan fingerprint density at radius 1 is 1.41 bits per heavy atom. The molecule has 1 N–H and O–H groups in total. The fourth-order valence-corrected chi connectivity index (χ4v) is 2.02. The fourth-order valence-electron chi connectivity index (χ4n) is 2.02. The Morgan fingerprint density at radius 2 is 2.29 bits per heavy atom. The number of aromatic nitrogens is 1. The number of fused-ring (bicyclic) bond motifs is 1. The molecule has 17 heavy (non-hydrogen) atoms. The lowest BCUT2D eigenvalue weighted by Crippen LogP contribution is -2.23. The van der Waals surface area contributed by atoms with Gasteiger partial charge in [0, 0.05) is 10.9 Å². The van der Waals surface area contributed by atoms with Crippen LogP contribution in [0.2, 0.25) is 0 Å². The van der Waals surface area contributed by atoms with Crippen LogP contribution < -0.4 is 4.90 Å². The van der Waals surface area contributed by atoms with Gasteiger partial charge in [0.2, 0.25) is 0 Å². The van der Waals surface area contributed by atoms with E-state index in [1.165, 1.54) is 4.90 Å². The van der Waals surface area contributed by atoms with Gasteiger partial charge in [-0.15, -0.1) is 0 Å². The molecule has 5 heteroatoms. The number of ether oxygens (including phenoxy) is 1. The highest BCUT2D eigenvalue weighted by atomic mass is 16.6. The van der Waals surface area contributed by atoms with Crippen molar-refractivity contribution in [3.63, 3.8) is 0 Å². The van der Waals surface area contributed by atoms with Gasteiger partial charge < -0.3 is 9.72 Å². The summed E-state index contributed by atoms with van der Waals surface area (Å²) in [4.78, 5) is 26.9. The molecule has 1 aliphatic heterocycles. The van der Waals surface area contributed by atoms with Crippen LogP contribution in [0.1, 0.15) is 10.4 Å². The van der Waals surface area contributed by atoms with E-state index in [4.69, 9.17) is 4.74 Å². The molecule has 3 rings (SSSR count). The van der Waals surface area contributed by atoms with Crippen LogP contribution >= 0.6 is 0 Å². The molecule has 2 heterocycles. The summed E-state index contributed by atoms with van der Waals surface area (Å²) in [6, 6.07) is 7.28. The van der Waals surface area contributed by atoms with Crippen molar-refractivity contribution in [3.05, 3.63) is 29.8 Å². The van der Waals surface area contributed by atoms with Gasteiger partial charge in [0.1, 0.15) is 12.4 Å². The molecular weight excluding hydrogens is 220 g/mol. The monoisotopic (exact) mass is 230 g/mol. The highest BCUT2D eigenvalue weighted by Crippen LogP contribution is 2.25. The number of cyclic esters (lactones) is 1. The summed E-state index contributed by atoms with van der Waals surface area (Å²) < 4.78 is 4.87. The number of H-pyrrole nitrogens is 1. The Labute approximate surface area is 97.0 Å². The van der Waals surface area contributed by atoms with Crippen molar-refractivity contribution in [1.29, 1.82) is 0 Å². The van der Waals surface area contributed by atoms with E-state index in [1.54, 1.807) is 6.07 Å². The molecule has 1 amide bonds. The Balaban J connectivity index is 2.13. The summed E-state index contributed by atoms with van der Waals surface area (Å²) in [5.41, 5.74) is 1.33. The maximum atomic E-state index is 11.4. The Kier molecular flexibility index (Phi) is 2.11. The van der Waals surface area contributed by atoms with E-state index in [0.717, 1.165) is 17.2 Å². The van der Waals surface area contributed by atoms with Crippen LogP contribution in [0.25, 0.3) is 10.9 Å². The Morgan fingerprint density at radius 3 is 3.00 bits per heavy atom. The highest BCUT2D eigenvalue weighted by Gasteiger charge is 2.25. The zero-order valence-corrected chi connectivity index (χ0v) is 8.97. The van der Waals surface area contributed by atoms with Gasteiger partial charge in [0.05, 0.1) is 12.1 Å². The molecule has 0 radical (unpaired) electrons. The summed E-state index contributed by atoms with van der Waals surface area (Å²) in [6.45, 7) is 0.927. The Bertz CT molecular complexity index is 603. The zero-order valence-electron chi connectivity index (χ0n) is 8.97. The van der Waals surface area contributed by atoms with Crippen molar-refractivity contribution in [2.75, 3.05) is 18.1 Å². The first-order valence-corrected chi connectivity index (χ1v) is 5.31. The fraction of sp³-hybridized carbons (Fsp3) is 0.167. The summed E-state index contributed by atoms with van der Waals surface area (Å²) in [6.07, 6.45) is 0.439. The number of nitrogens with zero attached hydrogens (tertiary/aromatic N) is 1. The van der Waals surface area contributed by atoms with Crippen LogP contribution in [0.4, 0.5) is 10.6 Å². The third-order valence-electron chi connectivity index (χ3n) is 2.85. The number of carbonyl (C=O) groups excluding carboxylic acids is 2. The summed E-state index contributed by atoms with van der Waals surface area (Å²) >= 11 is 0. The van der Waals surface area contributed by atoms with Crippen LogP contribution in [-0.4, -0.2) is 30.5 Å². The number of benzene rings is 1.